The number of benzene rings is 1. The first-order valence-corrected chi connectivity index (χ1v) is 11.2. The first kappa shape index (κ1) is 26.5. The summed E-state index contributed by atoms with van der Waals surface area (Å²) in [6.45, 7) is 8.37. The minimum Gasteiger partial charge on any atom is -0.497 e. The number of likely N-dealkylation sites (N-methyl/N-ethyl adjacent to an activating group) is 1. The van der Waals surface area contributed by atoms with Crippen molar-refractivity contribution in [3.05, 3.63) is 52.7 Å². The topological polar surface area (TPSA) is 65.0 Å². The maximum Gasteiger partial charge on any atom is 0.191 e. The van der Waals surface area contributed by atoms with E-state index in [1.54, 1.807) is 7.11 Å². The van der Waals surface area contributed by atoms with Crippen LogP contribution in [0.3, 0.4) is 0 Å². The highest BCUT2D eigenvalue weighted by atomic mass is 127. The predicted molar refractivity (Wildman–Crippen MR) is 144 cm³/mol. The van der Waals surface area contributed by atoms with Gasteiger partial charge in [-0.1, -0.05) is 23.7 Å². The monoisotopic (exact) mass is 572 g/mol. The maximum atomic E-state index is 6.34. The fourth-order valence-electron chi connectivity index (χ4n) is 3.42. The minimum absolute atomic E-state index is 0. The van der Waals surface area contributed by atoms with E-state index in [9.17, 15) is 0 Å². The second-order valence-electron chi connectivity index (χ2n) is 7.64. The molecule has 0 saturated carbocycles. The third kappa shape index (κ3) is 7.97. The molecule has 9 heteroatoms. The van der Waals surface area contributed by atoms with Gasteiger partial charge in [0.2, 0.25) is 0 Å². The van der Waals surface area contributed by atoms with E-state index in [1.807, 2.05) is 24.4 Å². The molecule has 176 valence electrons. The molecule has 0 radical (unpaired) electrons. The first-order valence-electron chi connectivity index (χ1n) is 10.8. The Morgan fingerprint density at radius 2 is 1.94 bits per heavy atom. The average molecular weight is 573 g/mol. The molecule has 3 rings (SSSR count). The number of piperazine rings is 1. The number of ether oxygens (including phenoxy) is 1. The van der Waals surface area contributed by atoms with Gasteiger partial charge in [-0.05, 0) is 49.7 Å². The number of pyridine rings is 1. The molecular formula is C23H34ClIN6O. The third-order valence-corrected chi connectivity index (χ3v) is 5.70. The van der Waals surface area contributed by atoms with E-state index in [0.29, 0.717) is 6.54 Å². The highest BCUT2D eigenvalue weighted by Gasteiger charge is 2.14. The number of guanidine groups is 1. The van der Waals surface area contributed by atoms with Gasteiger partial charge in [-0.15, -0.1) is 24.0 Å². The molecule has 1 aromatic carbocycles. The minimum atomic E-state index is 0. The zero-order valence-electron chi connectivity index (χ0n) is 19.1. The molecule has 1 aromatic heterocycles. The molecule has 7 nitrogen and oxygen atoms in total. The summed E-state index contributed by atoms with van der Waals surface area (Å²) in [6, 6.07) is 9.99. The number of aliphatic imine (C=N–C) groups is 1. The van der Waals surface area contributed by atoms with Gasteiger partial charge in [-0.2, -0.15) is 0 Å². The summed E-state index contributed by atoms with van der Waals surface area (Å²) in [5.74, 6) is 2.60. The van der Waals surface area contributed by atoms with Crippen LogP contribution in [0, 0.1) is 0 Å². The second-order valence-corrected chi connectivity index (χ2v) is 8.05. The van der Waals surface area contributed by atoms with Gasteiger partial charge in [0.1, 0.15) is 11.6 Å². The summed E-state index contributed by atoms with van der Waals surface area (Å²) >= 11 is 6.34. The van der Waals surface area contributed by atoms with Crippen molar-refractivity contribution in [3.63, 3.8) is 0 Å². The molecule has 1 aliphatic heterocycles. The van der Waals surface area contributed by atoms with Crippen molar-refractivity contribution in [2.45, 2.75) is 19.9 Å². The van der Waals surface area contributed by atoms with Gasteiger partial charge >= 0.3 is 0 Å². The summed E-state index contributed by atoms with van der Waals surface area (Å²) in [7, 11) is 3.80. The quantitative estimate of drug-likeness (QED) is 0.287. The lowest BCUT2D eigenvalue weighted by Crippen LogP contribution is -2.44. The van der Waals surface area contributed by atoms with Crippen LogP contribution in [0.1, 0.15) is 18.1 Å². The van der Waals surface area contributed by atoms with E-state index in [-0.39, 0.29) is 24.0 Å². The first-order chi connectivity index (χ1) is 15.1. The number of hydrogen-bond donors (Lipinski definition) is 2. The lowest BCUT2D eigenvalue weighted by atomic mass is 10.1. The van der Waals surface area contributed by atoms with Crippen molar-refractivity contribution in [1.82, 2.24) is 20.5 Å². The van der Waals surface area contributed by atoms with E-state index >= 15 is 0 Å². The maximum absolute atomic E-state index is 6.34. The van der Waals surface area contributed by atoms with Crippen LogP contribution in [0.2, 0.25) is 5.02 Å². The number of hydrogen-bond acceptors (Lipinski definition) is 5. The van der Waals surface area contributed by atoms with Crippen LogP contribution < -0.4 is 20.3 Å². The van der Waals surface area contributed by atoms with Gasteiger partial charge in [0.25, 0.3) is 0 Å². The Morgan fingerprint density at radius 1 is 1.16 bits per heavy atom. The lowest BCUT2D eigenvalue weighted by molar-refractivity contribution is 0.312. The number of halogens is 2. The Hall–Kier alpha value is -1.78. The molecule has 0 unspecified atom stereocenters. The zero-order chi connectivity index (χ0) is 22.1. The summed E-state index contributed by atoms with van der Waals surface area (Å²) in [5.41, 5.74) is 2.17. The van der Waals surface area contributed by atoms with Crippen LogP contribution in [-0.4, -0.2) is 69.3 Å². The summed E-state index contributed by atoms with van der Waals surface area (Å²) in [6.07, 6.45) is 2.73. The van der Waals surface area contributed by atoms with Gasteiger partial charge in [0.05, 0.1) is 13.7 Å². The van der Waals surface area contributed by atoms with E-state index in [2.05, 4.69) is 51.5 Å². The third-order valence-electron chi connectivity index (χ3n) is 5.35. The predicted octanol–water partition coefficient (Wildman–Crippen LogP) is 3.41. The largest absolute Gasteiger partial charge is 0.497 e. The van der Waals surface area contributed by atoms with Crippen molar-refractivity contribution >= 4 is 47.4 Å². The number of nitrogens with zero attached hydrogens (tertiary/aromatic N) is 4. The van der Waals surface area contributed by atoms with Crippen LogP contribution >= 0.6 is 35.6 Å². The van der Waals surface area contributed by atoms with E-state index in [0.717, 1.165) is 79.4 Å². The molecule has 1 fully saturated rings. The molecule has 1 saturated heterocycles. The zero-order valence-corrected chi connectivity index (χ0v) is 22.2. The van der Waals surface area contributed by atoms with Gasteiger partial charge in [0.15, 0.2) is 5.96 Å². The van der Waals surface area contributed by atoms with Crippen molar-refractivity contribution in [3.8, 4) is 5.75 Å². The van der Waals surface area contributed by atoms with Crippen LogP contribution in [0.4, 0.5) is 5.82 Å². The van der Waals surface area contributed by atoms with Crippen molar-refractivity contribution in [2.75, 3.05) is 58.3 Å². The molecule has 1 aliphatic rings. The molecular weight excluding hydrogens is 539 g/mol. The summed E-state index contributed by atoms with van der Waals surface area (Å²) in [4.78, 5) is 14.0. The molecule has 0 atom stereocenters. The molecule has 2 heterocycles. The van der Waals surface area contributed by atoms with Crippen LogP contribution in [0.15, 0.2) is 41.5 Å². The Morgan fingerprint density at radius 3 is 2.56 bits per heavy atom. The number of rotatable bonds is 8. The molecule has 2 aromatic rings. The standard InChI is InChI=1S/C23H33ClN6O.HI/c1-4-25-23(26-10-9-19-6-7-20(31-3)15-21(19)24)28-17-18-5-8-22(27-16-18)30-13-11-29(2)12-14-30;/h5-8,15-16H,4,9-14,17H2,1-3H3,(H2,25,26,28);1H. The van der Waals surface area contributed by atoms with Crippen molar-refractivity contribution in [2.24, 2.45) is 4.99 Å². The van der Waals surface area contributed by atoms with Crippen LogP contribution in [0.25, 0.3) is 0 Å². The highest BCUT2D eigenvalue weighted by molar-refractivity contribution is 14.0. The van der Waals surface area contributed by atoms with Crippen molar-refractivity contribution in [1.29, 1.82) is 0 Å². The molecule has 0 spiro atoms. The Bertz CT molecular complexity index is 856. The number of aromatic nitrogens is 1. The van der Waals surface area contributed by atoms with Crippen LogP contribution in [-0.2, 0) is 13.0 Å². The molecule has 0 aliphatic carbocycles. The number of anilines is 1. The second kappa shape index (κ2) is 13.7. The SMILES string of the molecule is CCNC(=NCc1ccc(N2CCN(C)CC2)nc1)NCCc1ccc(OC)cc1Cl.I. The normalized spacial score (nSPS) is 14.6. The number of nitrogens with one attached hydrogen (secondary N) is 2. The fraction of sp³-hybridized carbons (Fsp3) is 0.478. The van der Waals surface area contributed by atoms with Crippen LogP contribution in [0.5, 0.6) is 5.75 Å². The Kier molecular flexibility index (Phi) is 11.3. The molecule has 0 amide bonds. The van der Waals surface area contributed by atoms with Gasteiger partial charge in [-0.25, -0.2) is 9.98 Å². The number of methoxy groups -OCH3 is 1. The van der Waals surface area contributed by atoms with Gasteiger partial charge < -0.3 is 25.2 Å². The smallest absolute Gasteiger partial charge is 0.191 e. The molecule has 2 N–H and O–H groups in total. The average Bonchev–Trinajstić information content (AvgIpc) is 2.79. The lowest BCUT2D eigenvalue weighted by Gasteiger charge is -2.33. The summed E-state index contributed by atoms with van der Waals surface area (Å²) in [5, 5.41) is 7.39. The molecule has 0 bridgehead atoms. The summed E-state index contributed by atoms with van der Waals surface area (Å²) < 4.78 is 5.21. The fourth-order valence-corrected chi connectivity index (χ4v) is 3.68. The van der Waals surface area contributed by atoms with Gasteiger partial charge in [0, 0.05) is 50.5 Å². The van der Waals surface area contributed by atoms with E-state index in [4.69, 9.17) is 21.3 Å². The Labute approximate surface area is 213 Å². The Balaban J connectivity index is 0.00000363. The van der Waals surface area contributed by atoms with E-state index in [1.165, 1.54) is 0 Å². The van der Waals surface area contributed by atoms with Crippen molar-refractivity contribution < 1.29 is 4.74 Å². The van der Waals surface area contributed by atoms with Gasteiger partial charge in [-0.3, -0.25) is 0 Å². The van der Waals surface area contributed by atoms with E-state index < -0.39 is 0 Å². The molecule has 32 heavy (non-hydrogen) atoms. The highest BCUT2D eigenvalue weighted by Crippen LogP contribution is 2.22.